The summed E-state index contributed by atoms with van der Waals surface area (Å²) in [4.78, 5) is 27.0. The second-order valence-corrected chi connectivity index (χ2v) is 6.66. The molecule has 0 radical (unpaired) electrons. The Kier molecular flexibility index (Phi) is 4.70. The van der Waals surface area contributed by atoms with Crippen LogP contribution in [0.4, 0.5) is 0 Å². The monoisotopic (exact) mass is 336 g/mol. The molecule has 0 aromatic carbocycles. The third-order valence-corrected chi connectivity index (χ3v) is 5.29. The predicted molar refractivity (Wildman–Crippen MR) is 86.8 cm³/mol. The van der Waals surface area contributed by atoms with Crippen LogP contribution >= 0.6 is 11.8 Å². The molecule has 124 valence electrons. The second kappa shape index (κ2) is 6.74. The fourth-order valence-corrected chi connectivity index (χ4v) is 3.86. The molecule has 2 aromatic rings. The summed E-state index contributed by atoms with van der Waals surface area (Å²) in [5, 5.41) is 8.55. The van der Waals surface area contributed by atoms with Crippen molar-refractivity contribution >= 4 is 23.5 Å². The number of aryl methyl sites for hydroxylation is 1. The minimum absolute atomic E-state index is 0.0754. The zero-order valence-electron chi connectivity index (χ0n) is 13.3. The molecule has 23 heavy (non-hydrogen) atoms. The molecule has 0 amide bonds. The van der Waals surface area contributed by atoms with Crippen molar-refractivity contribution in [3.63, 3.8) is 0 Å². The van der Waals surface area contributed by atoms with Crippen molar-refractivity contribution in [2.45, 2.75) is 56.4 Å². The van der Waals surface area contributed by atoms with E-state index in [0.717, 1.165) is 36.9 Å². The van der Waals surface area contributed by atoms with E-state index >= 15 is 0 Å². The van der Waals surface area contributed by atoms with E-state index in [0.29, 0.717) is 24.0 Å². The van der Waals surface area contributed by atoms with Gasteiger partial charge in [0.25, 0.3) is 5.56 Å². The third-order valence-electron chi connectivity index (χ3n) is 4.01. The van der Waals surface area contributed by atoms with Crippen molar-refractivity contribution in [2.75, 3.05) is 6.61 Å². The van der Waals surface area contributed by atoms with E-state index in [1.807, 2.05) is 11.3 Å². The van der Waals surface area contributed by atoms with E-state index in [-0.39, 0.29) is 16.8 Å². The van der Waals surface area contributed by atoms with Gasteiger partial charge in [0, 0.05) is 11.3 Å². The highest BCUT2D eigenvalue weighted by Crippen LogP contribution is 2.28. The number of aromatic nitrogens is 4. The van der Waals surface area contributed by atoms with Gasteiger partial charge in [-0.15, -0.1) is 10.2 Å². The van der Waals surface area contributed by atoms with Crippen molar-refractivity contribution in [1.82, 2.24) is 19.6 Å². The van der Waals surface area contributed by atoms with Crippen LogP contribution in [-0.2, 0) is 22.4 Å². The molecule has 8 heteroatoms. The number of hydrogen-bond donors (Lipinski definition) is 1. The quantitative estimate of drug-likeness (QED) is 0.661. The maximum Gasteiger partial charge on any atom is 0.319 e. The van der Waals surface area contributed by atoms with Gasteiger partial charge in [0.05, 0.1) is 6.61 Å². The van der Waals surface area contributed by atoms with Gasteiger partial charge in [-0.1, -0.05) is 18.7 Å². The summed E-state index contributed by atoms with van der Waals surface area (Å²) in [5.41, 5.74) is 1.71. The number of thioether (sulfide) groups is 1. The maximum absolute atomic E-state index is 12.1. The number of nitrogens with zero attached hydrogens (tertiary/aromatic N) is 3. The minimum Gasteiger partial charge on any atom is -0.465 e. The van der Waals surface area contributed by atoms with Crippen molar-refractivity contribution < 1.29 is 9.53 Å². The van der Waals surface area contributed by atoms with Gasteiger partial charge in [0.15, 0.2) is 5.16 Å². The molecule has 0 saturated heterocycles. The third kappa shape index (κ3) is 2.99. The molecule has 3 rings (SSSR count). The van der Waals surface area contributed by atoms with Gasteiger partial charge in [0.1, 0.15) is 5.25 Å². The number of hydrogen-bond acceptors (Lipinski definition) is 6. The number of nitrogens with one attached hydrogen (secondary N) is 1. The van der Waals surface area contributed by atoms with Crippen molar-refractivity contribution in [1.29, 1.82) is 0 Å². The first-order valence-electron chi connectivity index (χ1n) is 7.98. The molecular weight excluding hydrogens is 316 g/mol. The molecule has 2 heterocycles. The first-order chi connectivity index (χ1) is 11.2. The lowest BCUT2D eigenvalue weighted by Gasteiger charge is -2.17. The molecule has 7 nitrogen and oxygen atoms in total. The SMILES string of the molecule is CCOC(=O)C(CC)Sc1nnc2[nH]c(=O)c3c(n12)CCCC3. The van der Waals surface area contributed by atoms with Gasteiger partial charge in [-0.25, -0.2) is 0 Å². The van der Waals surface area contributed by atoms with Crippen LogP contribution < -0.4 is 5.56 Å². The molecule has 0 spiro atoms. The van der Waals surface area contributed by atoms with E-state index in [1.165, 1.54) is 11.8 Å². The highest BCUT2D eigenvalue weighted by Gasteiger charge is 2.25. The summed E-state index contributed by atoms with van der Waals surface area (Å²) in [7, 11) is 0. The zero-order chi connectivity index (χ0) is 16.4. The normalized spacial score (nSPS) is 15.4. The molecule has 1 aliphatic carbocycles. The molecule has 1 aliphatic rings. The number of ether oxygens (including phenoxy) is 1. The Morgan fingerprint density at radius 1 is 1.35 bits per heavy atom. The summed E-state index contributed by atoms with van der Waals surface area (Å²) in [6, 6.07) is 0. The van der Waals surface area contributed by atoms with Crippen molar-refractivity contribution in [3.05, 3.63) is 21.6 Å². The van der Waals surface area contributed by atoms with Crippen LogP contribution in [0.2, 0.25) is 0 Å². The Hall–Kier alpha value is -1.83. The van der Waals surface area contributed by atoms with Crippen LogP contribution in [0, 0.1) is 0 Å². The molecule has 1 N–H and O–H groups in total. The summed E-state index contributed by atoms with van der Waals surface area (Å²) in [6.07, 6.45) is 4.31. The largest absolute Gasteiger partial charge is 0.465 e. The van der Waals surface area contributed by atoms with E-state index in [2.05, 4.69) is 15.2 Å². The van der Waals surface area contributed by atoms with Gasteiger partial charge in [-0.2, -0.15) is 0 Å². The van der Waals surface area contributed by atoms with Crippen LogP contribution in [0.5, 0.6) is 0 Å². The predicted octanol–water partition coefficient (Wildman–Crippen LogP) is 1.73. The second-order valence-electron chi connectivity index (χ2n) is 5.49. The van der Waals surface area contributed by atoms with Crippen LogP contribution in [0.25, 0.3) is 5.78 Å². The topological polar surface area (TPSA) is 89.3 Å². The molecule has 0 aliphatic heterocycles. The van der Waals surface area contributed by atoms with Crippen LogP contribution in [0.15, 0.2) is 9.95 Å². The van der Waals surface area contributed by atoms with Crippen LogP contribution in [-0.4, -0.2) is 37.4 Å². The number of rotatable bonds is 5. The molecule has 0 bridgehead atoms. The molecule has 0 fully saturated rings. The highest BCUT2D eigenvalue weighted by molar-refractivity contribution is 8.00. The average Bonchev–Trinajstić information content (AvgIpc) is 2.95. The summed E-state index contributed by atoms with van der Waals surface area (Å²) in [5.74, 6) is 0.201. The molecule has 2 aromatic heterocycles. The van der Waals surface area contributed by atoms with Crippen molar-refractivity contribution in [3.8, 4) is 0 Å². The molecular formula is C15H20N4O3S. The van der Waals surface area contributed by atoms with Crippen molar-refractivity contribution in [2.24, 2.45) is 0 Å². The Bertz CT molecular complexity index is 783. The molecule has 0 saturated carbocycles. The number of H-pyrrole nitrogens is 1. The molecule has 1 atom stereocenters. The highest BCUT2D eigenvalue weighted by atomic mass is 32.2. The number of carbonyl (C=O) groups is 1. The van der Waals surface area contributed by atoms with Crippen LogP contribution in [0.1, 0.15) is 44.4 Å². The lowest BCUT2D eigenvalue weighted by Crippen LogP contribution is -2.23. The average molecular weight is 336 g/mol. The lowest BCUT2D eigenvalue weighted by atomic mass is 9.97. The van der Waals surface area contributed by atoms with Gasteiger partial charge in [0.2, 0.25) is 5.78 Å². The van der Waals surface area contributed by atoms with E-state index < -0.39 is 0 Å². The van der Waals surface area contributed by atoms with Gasteiger partial charge < -0.3 is 4.74 Å². The zero-order valence-corrected chi connectivity index (χ0v) is 14.1. The van der Waals surface area contributed by atoms with E-state index in [9.17, 15) is 9.59 Å². The lowest BCUT2D eigenvalue weighted by molar-refractivity contribution is -0.142. The van der Waals surface area contributed by atoms with E-state index in [1.54, 1.807) is 6.92 Å². The number of esters is 1. The summed E-state index contributed by atoms with van der Waals surface area (Å²) in [6.45, 7) is 4.09. The minimum atomic E-state index is -0.325. The first-order valence-corrected chi connectivity index (χ1v) is 8.86. The number of aromatic amines is 1. The van der Waals surface area contributed by atoms with Gasteiger partial charge >= 0.3 is 5.97 Å². The Morgan fingerprint density at radius 3 is 2.87 bits per heavy atom. The Labute approximate surface area is 137 Å². The maximum atomic E-state index is 12.1. The number of fused-ring (bicyclic) bond motifs is 3. The van der Waals surface area contributed by atoms with Gasteiger partial charge in [-0.05, 0) is 39.0 Å². The standard InChI is InChI=1S/C15H20N4O3S/c1-3-11(13(21)22-4-2)23-15-18-17-14-16-12(20)9-7-5-6-8-10(9)19(14)15/h11H,3-8H2,1-2H3,(H,16,17,20). The first kappa shape index (κ1) is 16.0. The Morgan fingerprint density at radius 2 is 2.13 bits per heavy atom. The van der Waals surface area contributed by atoms with E-state index in [4.69, 9.17) is 4.74 Å². The molecule has 1 unspecified atom stereocenters. The summed E-state index contributed by atoms with van der Waals surface area (Å²) < 4.78 is 7.00. The Balaban J connectivity index is 2.02. The fraction of sp³-hybridized carbons (Fsp3) is 0.600. The fourth-order valence-electron chi connectivity index (χ4n) is 2.89. The van der Waals surface area contributed by atoms with Gasteiger partial charge in [-0.3, -0.25) is 19.0 Å². The van der Waals surface area contributed by atoms with Crippen LogP contribution in [0.3, 0.4) is 0 Å². The summed E-state index contributed by atoms with van der Waals surface area (Å²) >= 11 is 1.34. The number of carbonyl (C=O) groups excluding carboxylic acids is 1. The smallest absolute Gasteiger partial charge is 0.319 e.